The van der Waals surface area contributed by atoms with E-state index in [9.17, 15) is 0 Å². The van der Waals surface area contributed by atoms with Gasteiger partial charge >= 0.3 is 0 Å². The first-order valence-corrected chi connectivity index (χ1v) is 4.90. The quantitative estimate of drug-likeness (QED) is 0.645. The van der Waals surface area contributed by atoms with E-state index in [-0.39, 0.29) is 0 Å². The maximum atomic E-state index is 5.55. The fourth-order valence-electron chi connectivity index (χ4n) is 1.97. The summed E-state index contributed by atoms with van der Waals surface area (Å²) in [6, 6.07) is 0.753. The van der Waals surface area contributed by atoms with Gasteiger partial charge in [-0.05, 0) is 26.6 Å². The van der Waals surface area contributed by atoms with Crippen LogP contribution < -0.4 is 5.73 Å². The molecule has 1 unspecified atom stereocenters. The number of hydrogen-bond donors (Lipinski definition) is 1. The van der Waals surface area contributed by atoms with E-state index in [0.29, 0.717) is 0 Å². The number of likely N-dealkylation sites (tertiary alicyclic amines) is 1. The molecule has 0 spiro atoms. The summed E-state index contributed by atoms with van der Waals surface area (Å²) in [5, 5.41) is 0. The molecule has 72 valence electrons. The minimum Gasteiger partial charge on any atom is -0.329 e. The number of nitrogens with two attached hydrogens (primary N) is 1. The van der Waals surface area contributed by atoms with E-state index in [4.69, 9.17) is 5.73 Å². The molecular formula is C9H21N3. The summed E-state index contributed by atoms with van der Waals surface area (Å²) in [5.74, 6) is 0. The van der Waals surface area contributed by atoms with Crippen molar-refractivity contribution in [3.8, 4) is 0 Å². The van der Waals surface area contributed by atoms with E-state index in [1.54, 1.807) is 0 Å². The van der Waals surface area contributed by atoms with Gasteiger partial charge in [-0.1, -0.05) is 6.92 Å². The Morgan fingerprint density at radius 1 is 1.58 bits per heavy atom. The van der Waals surface area contributed by atoms with Crippen LogP contribution in [0.4, 0.5) is 0 Å². The van der Waals surface area contributed by atoms with Crippen LogP contribution in [0.3, 0.4) is 0 Å². The number of nitrogens with zero attached hydrogens (tertiary/aromatic N) is 2. The molecule has 1 rings (SSSR count). The highest BCUT2D eigenvalue weighted by Crippen LogP contribution is 2.12. The fraction of sp³-hybridized carbons (Fsp3) is 1.00. The van der Waals surface area contributed by atoms with Gasteiger partial charge in [0, 0.05) is 25.7 Å². The van der Waals surface area contributed by atoms with E-state index in [1.807, 2.05) is 0 Å². The van der Waals surface area contributed by atoms with Crippen molar-refractivity contribution >= 4 is 0 Å². The minimum atomic E-state index is 0.753. The monoisotopic (exact) mass is 171 g/mol. The lowest BCUT2D eigenvalue weighted by Crippen LogP contribution is -2.40. The zero-order chi connectivity index (χ0) is 8.97. The summed E-state index contributed by atoms with van der Waals surface area (Å²) >= 11 is 0. The van der Waals surface area contributed by atoms with Crippen LogP contribution in [0.15, 0.2) is 0 Å². The maximum Gasteiger partial charge on any atom is 0.0235 e. The lowest BCUT2D eigenvalue weighted by atomic mass is 10.2. The Kier molecular flexibility index (Phi) is 3.98. The van der Waals surface area contributed by atoms with Crippen LogP contribution in [0.1, 0.15) is 13.3 Å². The summed E-state index contributed by atoms with van der Waals surface area (Å²) in [6.07, 6.45) is 1.31. The van der Waals surface area contributed by atoms with Crippen LogP contribution in [0, 0.1) is 0 Å². The molecule has 12 heavy (non-hydrogen) atoms. The van der Waals surface area contributed by atoms with Gasteiger partial charge in [-0.3, -0.25) is 4.90 Å². The van der Waals surface area contributed by atoms with Gasteiger partial charge in [0.2, 0.25) is 0 Å². The Morgan fingerprint density at radius 3 is 2.75 bits per heavy atom. The summed E-state index contributed by atoms with van der Waals surface area (Å²) in [7, 11) is 2.19. The Hall–Kier alpha value is -0.120. The van der Waals surface area contributed by atoms with Crippen LogP contribution in [0.2, 0.25) is 0 Å². The Labute approximate surface area is 75.5 Å². The highest BCUT2D eigenvalue weighted by atomic mass is 15.2. The van der Waals surface area contributed by atoms with Crippen molar-refractivity contribution in [3.63, 3.8) is 0 Å². The third-order valence-electron chi connectivity index (χ3n) is 2.71. The average molecular weight is 171 g/mol. The largest absolute Gasteiger partial charge is 0.329 e. The van der Waals surface area contributed by atoms with Gasteiger partial charge in [-0.2, -0.15) is 0 Å². The van der Waals surface area contributed by atoms with Crippen LogP contribution in [0.25, 0.3) is 0 Å². The number of likely N-dealkylation sites (N-methyl/N-ethyl adjacent to an activating group) is 2. The first-order chi connectivity index (χ1) is 5.77. The van der Waals surface area contributed by atoms with Crippen molar-refractivity contribution in [1.82, 2.24) is 9.80 Å². The zero-order valence-corrected chi connectivity index (χ0v) is 8.29. The molecule has 1 heterocycles. The molecule has 1 atom stereocenters. The Morgan fingerprint density at radius 2 is 2.33 bits per heavy atom. The van der Waals surface area contributed by atoms with Crippen LogP contribution in [-0.2, 0) is 0 Å². The second-order valence-electron chi connectivity index (χ2n) is 3.62. The molecule has 2 N–H and O–H groups in total. The van der Waals surface area contributed by atoms with Crippen molar-refractivity contribution in [2.24, 2.45) is 5.73 Å². The standard InChI is InChI=1S/C9H21N3/c1-3-12(7-5-10)9-4-6-11(2)8-9/h9H,3-8,10H2,1-2H3. The maximum absolute atomic E-state index is 5.55. The lowest BCUT2D eigenvalue weighted by Gasteiger charge is -2.26. The Balaban J connectivity index is 2.33. The summed E-state index contributed by atoms with van der Waals surface area (Å²) in [6.45, 7) is 7.65. The first kappa shape index (κ1) is 9.96. The second kappa shape index (κ2) is 4.80. The van der Waals surface area contributed by atoms with Crippen molar-refractivity contribution in [2.75, 3.05) is 39.8 Å². The zero-order valence-electron chi connectivity index (χ0n) is 8.29. The van der Waals surface area contributed by atoms with E-state index in [2.05, 4.69) is 23.8 Å². The molecule has 0 aromatic heterocycles. The summed E-state index contributed by atoms with van der Waals surface area (Å²) in [4.78, 5) is 4.88. The third kappa shape index (κ3) is 2.44. The molecule has 1 aliphatic rings. The molecule has 3 heteroatoms. The van der Waals surface area contributed by atoms with Gasteiger partial charge in [0.15, 0.2) is 0 Å². The predicted octanol–water partition coefficient (Wildman–Crippen LogP) is -0.0289. The van der Waals surface area contributed by atoms with E-state index in [0.717, 1.165) is 25.7 Å². The van der Waals surface area contributed by atoms with E-state index in [1.165, 1.54) is 19.5 Å². The molecule has 0 aliphatic carbocycles. The topological polar surface area (TPSA) is 32.5 Å². The molecule has 0 saturated carbocycles. The molecule has 0 aromatic carbocycles. The second-order valence-corrected chi connectivity index (χ2v) is 3.62. The summed E-state index contributed by atoms with van der Waals surface area (Å²) < 4.78 is 0. The lowest BCUT2D eigenvalue weighted by molar-refractivity contribution is 0.213. The van der Waals surface area contributed by atoms with Crippen molar-refractivity contribution in [2.45, 2.75) is 19.4 Å². The predicted molar refractivity (Wildman–Crippen MR) is 52.2 cm³/mol. The normalized spacial score (nSPS) is 25.5. The fourth-order valence-corrected chi connectivity index (χ4v) is 1.97. The highest BCUT2D eigenvalue weighted by Gasteiger charge is 2.23. The summed E-state index contributed by atoms with van der Waals surface area (Å²) in [5.41, 5.74) is 5.55. The minimum absolute atomic E-state index is 0.753. The van der Waals surface area contributed by atoms with Gasteiger partial charge in [0.25, 0.3) is 0 Å². The molecule has 0 amide bonds. The van der Waals surface area contributed by atoms with Crippen LogP contribution in [-0.4, -0.2) is 55.6 Å². The van der Waals surface area contributed by atoms with E-state index < -0.39 is 0 Å². The molecule has 0 radical (unpaired) electrons. The first-order valence-electron chi connectivity index (χ1n) is 4.90. The molecule has 1 aliphatic heterocycles. The van der Waals surface area contributed by atoms with Crippen molar-refractivity contribution in [3.05, 3.63) is 0 Å². The van der Waals surface area contributed by atoms with Crippen molar-refractivity contribution < 1.29 is 0 Å². The van der Waals surface area contributed by atoms with Crippen LogP contribution >= 0.6 is 0 Å². The van der Waals surface area contributed by atoms with E-state index >= 15 is 0 Å². The SMILES string of the molecule is CCN(CCN)C1CCN(C)C1. The molecule has 1 fully saturated rings. The Bertz CT molecular complexity index is 125. The number of hydrogen-bond acceptors (Lipinski definition) is 3. The molecule has 0 aromatic rings. The highest BCUT2D eigenvalue weighted by molar-refractivity contribution is 4.81. The third-order valence-corrected chi connectivity index (χ3v) is 2.71. The average Bonchev–Trinajstić information content (AvgIpc) is 2.47. The number of rotatable bonds is 4. The van der Waals surface area contributed by atoms with Crippen molar-refractivity contribution in [1.29, 1.82) is 0 Å². The van der Waals surface area contributed by atoms with Crippen LogP contribution in [0.5, 0.6) is 0 Å². The van der Waals surface area contributed by atoms with Gasteiger partial charge in [-0.15, -0.1) is 0 Å². The molecule has 3 nitrogen and oxygen atoms in total. The van der Waals surface area contributed by atoms with Gasteiger partial charge < -0.3 is 10.6 Å². The smallest absolute Gasteiger partial charge is 0.0235 e. The molecular weight excluding hydrogens is 150 g/mol. The molecule has 0 bridgehead atoms. The van der Waals surface area contributed by atoms with Gasteiger partial charge in [0.1, 0.15) is 0 Å². The van der Waals surface area contributed by atoms with Gasteiger partial charge in [-0.25, -0.2) is 0 Å². The molecule has 1 saturated heterocycles. The van der Waals surface area contributed by atoms with Gasteiger partial charge in [0.05, 0.1) is 0 Å².